The number of hydrogen-bond acceptors (Lipinski definition) is 11. The third kappa shape index (κ3) is 15.2. The average molecular weight is 1330 g/mol. The van der Waals surface area contributed by atoms with E-state index in [1.165, 1.54) is 15.7 Å². The van der Waals surface area contributed by atoms with E-state index < -0.39 is 82.9 Å². The maximum atomic E-state index is 14.0. The minimum absolute atomic E-state index is 0.164. The summed E-state index contributed by atoms with van der Waals surface area (Å²) in [6.45, 7) is 22.7. The molecule has 89 heavy (non-hydrogen) atoms. The molecule has 9 rings (SSSR count). The molecular weight excluding hydrogens is 1250 g/mol. The number of nitrogens with one attached hydrogen (secondary N) is 2. The molecule has 0 radical (unpaired) electrons. The Labute approximate surface area is 539 Å². The number of nitrogens with zero attached hydrogens (tertiary/aromatic N) is 3. The zero-order valence-corrected chi connectivity index (χ0v) is 56.7. The first kappa shape index (κ1) is 70.4. The van der Waals surface area contributed by atoms with E-state index in [0.29, 0.717) is 54.0 Å². The number of carbonyl (C=O) groups excluding carboxylic acids is 2. The summed E-state index contributed by atoms with van der Waals surface area (Å²) < 4.78 is 87.7. The number of rotatable bonds is 13. The van der Waals surface area contributed by atoms with Crippen LogP contribution in [-0.2, 0) is 44.5 Å². The SMILES string of the molecule is CONC(=O)C1=C[C@@H](C(C)(C)C)N(S(=O)(=O)c2ccccc2C)[C@H]1c1ccc(Cl)cc1.Cc1ccccc1S(=O)(=O)N1[C@@H](c2ccc(Cl)cc2)C(C(=O)NO)=C[C@H]1C(C)(C)C.Cc1ccccc1S(=O)(=O)N1[C@@H](c2ccc(Cl)cc2)C(CO)=C[C@H]1C(C)(C)C. The summed E-state index contributed by atoms with van der Waals surface area (Å²) in [4.78, 5) is 30.9. The molecule has 0 aliphatic carbocycles. The van der Waals surface area contributed by atoms with Gasteiger partial charge in [0.2, 0.25) is 30.1 Å². The second-order valence-electron chi connectivity index (χ2n) is 25.3. The number of sulfonamides is 3. The molecule has 0 unspecified atom stereocenters. The second kappa shape index (κ2) is 27.8. The Morgan fingerprint density at radius 2 is 0.742 bits per heavy atom. The maximum Gasteiger partial charge on any atom is 0.272 e. The highest BCUT2D eigenvalue weighted by Crippen LogP contribution is 2.50. The number of carbonyl (C=O) groups is 2. The highest BCUT2D eigenvalue weighted by atomic mass is 35.5. The summed E-state index contributed by atoms with van der Waals surface area (Å²) in [5, 5.41) is 20.9. The molecule has 22 heteroatoms. The molecule has 0 spiro atoms. The van der Waals surface area contributed by atoms with E-state index in [1.807, 2.05) is 86.6 Å². The van der Waals surface area contributed by atoms with Crippen LogP contribution in [-0.4, -0.2) is 92.1 Å². The molecule has 0 saturated carbocycles. The maximum absolute atomic E-state index is 14.0. The number of aryl methyl sites for hydroxylation is 3. The normalized spacial score (nSPS) is 20.3. The van der Waals surface area contributed by atoms with Crippen molar-refractivity contribution in [2.75, 3.05) is 13.7 Å². The van der Waals surface area contributed by atoms with Crippen molar-refractivity contribution in [3.05, 3.63) is 229 Å². The van der Waals surface area contributed by atoms with Crippen LogP contribution in [0.2, 0.25) is 15.1 Å². The predicted molar refractivity (Wildman–Crippen MR) is 349 cm³/mol. The summed E-state index contributed by atoms with van der Waals surface area (Å²) in [5.41, 5.74) is 7.76. The van der Waals surface area contributed by atoms with E-state index in [-0.39, 0.29) is 38.3 Å². The van der Waals surface area contributed by atoms with Gasteiger partial charge in [0.1, 0.15) is 0 Å². The largest absolute Gasteiger partial charge is 0.392 e. The van der Waals surface area contributed by atoms with Gasteiger partial charge in [0.25, 0.3) is 11.8 Å². The Balaban J connectivity index is 0.000000190. The number of amides is 2. The van der Waals surface area contributed by atoms with Crippen molar-refractivity contribution in [3.8, 4) is 0 Å². The summed E-state index contributed by atoms with van der Waals surface area (Å²) in [7, 11) is -10.4. The molecule has 6 aromatic carbocycles. The molecule has 6 aromatic rings. The third-order valence-corrected chi connectivity index (χ3v) is 22.5. The topological polar surface area (TPSA) is 220 Å². The van der Waals surface area contributed by atoms with Crippen molar-refractivity contribution in [2.45, 2.75) is 134 Å². The lowest BCUT2D eigenvalue weighted by Crippen LogP contribution is -2.45. The zero-order valence-electron chi connectivity index (χ0n) is 52.0. The summed E-state index contributed by atoms with van der Waals surface area (Å²) in [6.07, 6.45) is 5.25. The molecule has 3 aliphatic heterocycles. The lowest BCUT2D eigenvalue weighted by molar-refractivity contribution is -0.127. The summed E-state index contributed by atoms with van der Waals surface area (Å²) >= 11 is 18.1. The molecule has 2 amide bonds. The van der Waals surface area contributed by atoms with Crippen LogP contribution in [0.15, 0.2) is 195 Å². The fourth-order valence-corrected chi connectivity index (χ4v) is 18.1. The Hall–Kier alpha value is -6.04. The van der Waals surface area contributed by atoms with Crippen molar-refractivity contribution in [1.29, 1.82) is 0 Å². The van der Waals surface area contributed by atoms with Gasteiger partial charge in [-0.15, -0.1) is 0 Å². The van der Waals surface area contributed by atoms with Crippen LogP contribution < -0.4 is 11.0 Å². The number of hydrogen-bond donors (Lipinski definition) is 4. The monoisotopic (exact) mass is 1330 g/mol. The van der Waals surface area contributed by atoms with E-state index in [9.17, 15) is 45.2 Å². The van der Waals surface area contributed by atoms with Gasteiger partial charge in [-0.25, -0.2) is 36.2 Å². The van der Waals surface area contributed by atoms with E-state index in [0.717, 1.165) is 5.56 Å². The number of benzene rings is 6. The van der Waals surface area contributed by atoms with Crippen LogP contribution in [0, 0.1) is 37.0 Å². The van der Waals surface area contributed by atoms with Gasteiger partial charge in [-0.3, -0.25) is 19.6 Å². The summed E-state index contributed by atoms with van der Waals surface area (Å²) in [6, 6.07) is 37.4. The molecule has 0 aromatic heterocycles. The zero-order chi connectivity index (χ0) is 65.9. The number of halogens is 3. The molecule has 476 valence electrons. The fraction of sp³-hybridized carbons (Fsp3) is 0.343. The quantitative estimate of drug-likeness (QED) is 0.0484. The molecule has 16 nitrogen and oxygen atoms in total. The fourth-order valence-electron chi connectivity index (χ4n) is 11.3. The first-order chi connectivity index (χ1) is 41.5. The van der Waals surface area contributed by atoms with Crippen LogP contribution >= 0.6 is 34.8 Å². The smallest absolute Gasteiger partial charge is 0.272 e. The highest BCUT2D eigenvalue weighted by Gasteiger charge is 2.52. The molecular formula is C67H78Cl3N5O11S3. The van der Waals surface area contributed by atoms with Gasteiger partial charge in [0.15, 0.2) is 0 Å². The molecule has 3 heterocycles. The van der Waals surface area contributed by atoms with Gasteiger partial charge in [0, 0.05) is 44.3 Å². The van der Waals surface area contributed by atoms with E-state index >= 15 is 0 Å². The summed E-state index contributed by atoms with van der Waals surface area (Å²) in [5.74, 6) is -1.23. The molecule has 4 N–H and O–H groups in total. The molecule has 0 fully saturated rings. The number of aliphatic hydroxyl groups is 1. The van der Waals surface area contributed by atoms with Crippen molar-refractivity contribution < 1.29 is 50.0 Å². The van der Waals surface area contributed by atoms with Crippen LogP contribution in [0.25, 0.3) is 0 Å². The second-order valence-corrected chi connectivity index (χ2v) is 32.1. The van der Waals surface area contributed by atoms with Gasteiger partial charge < -0.3 is 5.11 Å². The van der Waals surface area contributed by atoms with Crippen molar-refractivity contribution >= 4 is 76.7 Å². The standard InChI is InChI=1S/C23H27ClN2O4S.C22H25ClN2O4S.C22H26ClNO3S/c1-15-8-6-7-9-19(15)31(28,29)26-20(23(2,3)4)14-18(22(27)25-30-5)21(26)16-10-12-17(24)13-11-16;1-14-7-5-6-8-18(14)30(28,29)25-19(22(2,3)4)13-17(21(26)24-27)20(25)15-9-11-16(23)12-10-15;1-15-7-5-6-8-19(15)28(26,27)24-20(22(2,3)4)13-17(14-25)21(24)16-9-11-18(23)12-10-16/h6-14,20-21H,1-5H3,(H,25,27);5-13,19-20,27H,1-4H3,(H,24,26);5-13,20-21,25H,14H2,1-4H3/t20-,21-;19-,20-;20-,21-/m000/s1. The van der Waals surface area contributed by atoms with Crippen molar-refractivity contribution in [1.82, 2.24) is 23.9 Å². The highest BCUT2D eigenvalue weighted by molar-refractivity contribution is 7.89. The Morgan fingerprint density at radius 1 is 0.461 bits per heavy atom. The van der Waals surface area contributed by atoms with Crippen molar-refractivity contribution in [2.24, 2.45) is 16.2 Å². The van der Waals surface area contributed by atoms with E-state index in [1.54, 1.807) is 170 Å². The van der Waals surface area contributed by atoms with Crippen LogP contribution in [0.3, 0.4) is 0 Å². The van der Waals surface area contributed by atoms with Crippen LogP contribution in [0.4, 0.5) is 0 Å². The Morgan fingerprint density at radius 3 is 1.02 bits per heavy atom. The Bertz CT molecular complexity index is 4010. The van der Waals surface area contributed by atoms with Gasteiger partial charge in [-0.1, -0.05) is 206 Å². The van der Waals surface area contributed by atoms with Crippen LogP contribution in [0.5, 0.6) is 0 Å². The van der Waals surface area contributed by atoms with Gasteiger partial charge in [-0.05, 0) is 131 Å². The lowest BCUT2D eigenvalue weighted by Gasteiger charge is -2.37. The first-order valence-corrected chi connectivity index (χ1v) is 34.1. The average Bonchev–Trinajstić information content (AvgIpc) is 1.73. The van der Waals surface area contributed by atoms with Gasteiger partial charge in [0.05, 0.1) is 46.5 Å². The number of aliphatic hydroxyl groups excluding tert-OH is 1. The minimum Gasteiger partial charge on any atom is -0.392 e. The van der Waals surface area contributed by atoms with E-state index in [4.69, 9.17) is 39.6 Å². The Kier molecular flexibility index (Phi) is 22.0. The molecule has 6 atom stereocenters. The van der Waals surface area contributed by atoms with Gasteiger partial charge >= 0.3 is 0 Å². The molecule has 3 aliphatic rings. The predicted octanol–water partition coefficient (Wildman–Crippen LogP) is 13.4. The molecule has 0 bridgehead atoms. The van der Waals surface area contributed by atoms with Crippen LogP contribution in [0.1, 0.15) is 114 Å². The van der Waals surface area contributed by atoms with Gasteiger partial charge in [-0.2, -0.15) is 12.9 Å². The third-order valence-electron chi connectivity index (χ3n) is 15.7. The number of hydroxylamine groups is 2. The van der Waals surface area contributed by atoms with Crippen molar-refractivity contribution in [3.63, 3.8) is 0 Å². The first-order valence-electron chi connectivity index (χ1n) is 28.6. The van der Waals surface area contributed by atoms with E-state index in [2.05, 4.69) is 5.48 Å². The molecule has 0 saturated heterocycles. The lowest BCUT2D eigenvalue weighted by atomic mass is 9.87. The minimum atomic E-state index is -4.00.